The number of anilines is 1. The number of nitrogens with one attached hydrogen (secondary N) is 2. The highest BCUT2D eigenvalue weighted by Crippen LogP contribution is 2.25. The summed E-state index contributed by atoms with van der Waals surface area (Å²) in [5, 5.41) is 5.10. The van der Waals surface area contributed by atoms with Crippen molar-refractivity contribution in [3.05, 3.63) is 23.8 Å². The Balaban J connectivity index is 2.35. The summed E-state index contributed by atoms with van der Waals surface area (Å²) in [6.07, 6.45) is 2.43. The van der Waals surface area contributed by atoms with Gasteiger partial charge in [0.25, 0.3) is 0 Å². The molecule has 2 N–H and O–H groups in total. The van der Waals surface area contributed by atoms with Crippen LogP contribution in [0.3, 0.4) is 0 Å². The topological polar surface area (TPSA) is 67.4 Å². The molecule has 0 saturated heterocycles. The third-order valence-electron chi connectivity index (χ3n) is 2.94. The Labute approximate surface area is 128 Å². The standard InChI is InChI=1S/C15H20F2N2O3/c1-10(20)18-7-5-3-4-6-14(21)19-11-8-12(16)15(22-2)13(17)9-11/h8-9H,3-7H2,1-2H3,(H,18,20)(H,19,21). The number of unbranched alkanes of at least 4 members (excludes halogenated alkanes) is 2. The summed E-state index contributed by atoms with van der Waals surface area (Å²) < 4.78 is 31.5. The molecule has 5 nitrogen and oxygen atoms in total. The van der Waals surface area contributed by atoms with Crippen LogP contribution in [0.15, 0.2) is 12.1 Å². The van der Waals surface area contributed by atoms with Crippen LogP contribution in [0.1, 0.15) is 32.6 Å². The molecule has 0 saturated carbocycles. The molecule has 1 aromatic carbocycles. The van der Waals surface area contributed by atoms with Gasteiger partial charge >= 0.3 is 0 Å². The Morgan fingerprint density at radius 3 is 2.32 bits per heavy atom. The molecule has 1 rings (SSSR count). The van der Waals surface area contributed by atoms with Gasteiger partial charge < -0.3 is 15.4 Å². The van der Waals surface area contributed by atoms with Gasteiger partial charge in [-0.2, -0.15) is 0 Å². The van der Waals surface area contributed by atoms with E-state index in [4.69, 9.17) is 0 Å². The molecule has 2 amide bonds. The Morgan fingerprint density at radius 1 is 1.14 bits per heavy atom. The monoisotopic (exact) mass is 314 g/mol. The first-order valence-electron chi connectivity index (χ1n) is 7.01. The van der Waals surface area contributed by atoms with Crippen LogP contribution in [-0.4, -0.2) is 25.5 Å². The van der Waals surface area contributed by atoms with E-state index in [9.17, 15) is 18.4 Å². The highest BCUT2D eigenvalue weighted by molar-refractivity contribution is 5.90. The van der Waals surface area contributed by atoms with Crippen molar-refractivity contribution >= 4 is 17.5 Å². The summed E-state index contributed by atoms with van der Waals surface area (Å²) in [5.41, 5.74) is 0.0547. The van der Waals surface area contributed by atoms with Crippen molar-refractivity contribution < 1.29 is 23.1 Å². The molecule has 22 heavy (non-hydrogen) atoms. The average molecular weight is 314 g/mol. The van der Waals surface area contributed by atoms with Crippen molar-refractivity contribution in [3.63, 3.8) is 0 Å². The molecule has 0 aliphatic rings. The minimum Gasteiger partial charge on any atom is -0.491 e. The van der Waals surface area contributed by atoms with Gasteiger partial charge in [0.05, 0.1) is 7.11 Å². The second-order valence-electron chi connectivity index (χ2n) is 4.81. The maximum absolute atomic E-state index is 13.5. The van der Waals surface area contributed by atoms with Crippen molar-refractivity contribution in [1.29, 1.82) is 0 Å². The van der Waals surface area contributed by atoms with Crippen LogP contribution in [0.25, 0.3) is 0 Å². The fourth-order valence-electron chi connectivity index (χ4n) is 1.90. The summed E-state index contributed by atoms with van der Waals surface area (Å²) in [5.74, 6) is -2.61. The van der Waals surface area contributed by atoms with Crippen LogP contribution in [0, 0.1) is 11.6 Å². The largest absolute Gasteiger partial charge is 0.491 e. The molecule has 0 bridgehead atoms. The second-order valence-corrected chi connectivity index (χ2v) is 4.81. The first kappa shape index (κ1) is 17.9. The third-order valence-corrected chi connectivity index (χ3v) is 2.94. The number of halogens is 2. The van der Waals surface area contributed by atoms with Gasteiger partial charge in [-0.15, -0.1) is 0 Å². The fourth-order valence-corrected chi connectivity index (χ4v) is 1.90. The molecule has 0 unspecified atom stereocenters. The molecule has 0 aliphatic carbocycles. The molecule has 0 radical (unpaired) electrons. The van der Waals surface area contributed by atoms with Gasteiger partial charge in [-0.3, -0.25) is 9.59 Å². The zero-order chi connectivity index (χ0) is 16.5. The molecule has 0 aliphatic heterocycles. The van der Waals surface area contributed by atoms with Crippen molar-refractivity contribution in [3.8, 4) is 5.75 Å². The van der Waals surface area contributed by atoms with Gasteiger partial charge in [0.1, 0.15) is 0 Å². The Kier molecular flexibility index (Phi) is 7.28. The molecule has 0 heterocycles. The zero-order valence-electron chi connectivity index (χ0n) is 12.7. The molecule has 7 heteroatoms. The van der Waals surface area contributed by atoms with Crippen molar-refractivity contribution in [1.82, 2.24) is 5.32 Å². The number of hydrogen-bond donors (Lipinski definition) is 2. The van der Waals surface area contributed by atoms with E-state index in [-0.39, 0.29) is 23.9 Å². The van der Waals surface area contributed by atoms with Gasteiger partial charge in [0, 0.05) is 37.7 Å². The van der Waals surface area contributed by atoms with E-state index in [1.165, 1.54) is 14.0 Å². The van der Waals surface area contributed by atoms with E-state index >= 15 is 0 Å². The first-order valence-corrected chi connectivity index (χ1v) is 7.01. The molecular weight excluding hydrogens is 294 g/mol. The van der Waals surface area contributed by atoms with E-state index in [1.807, 2.05) is 0 Å². The molecule has 1 aromatic rings. The van der Waals surface area contributed by atoms with Gasteiger partial charge in [0.2, 0.25) is 11.8 Å². The minimum atomic E-state index is -0.867. The molecule has 122 valence electrons. The van der Waals surface area contributed by atoms with Crippen LogP contribution >= 0.6 is 0 Å². The zero-order valence-corrected chi connectivity index (χ0v) is 12.7. The number of carbonyl (C=O) groups excluding carboxylic acids is 2. The number of ether oxygens (including phenoxy) is 1. The SMILES string of the molecule is COc1c(F)cc(NC(=O)CCCCCNC(C)=O)cc1F. The van der Waals surface area contributed by atoms with Crippen molar-refractivity contribution in [2.45, 2.75) is 32.6 Å². The quantitative estimate of drug-likeness (QED) is 0.725. The lowest BCUT2D eigenvalue weighted by atomic mass is 10.2. The maximum atomic E-state index is 13.5. The number of carbonyl (C=O) groups is 2. The van der Waals surface area contributed by atoms with Crippen LogP contribution in [0.4, 0.5) is 14.5 Å². The number of amides is 2. The first-order chi connectivity index (χ1) is 10.4. The predicted molar refractivity (Wildman–Crippen MR) is 78.7 cm³/mol. The van der Waals surface area contributed by atoms with Gasteiger partial charge in [0.15, 0.2) is 17.4 Å². The molecular formula is C15H20F2N2O3. The van der Waals surface area contributed by atoms with Crippen molar-refractivity contribution in [2.75, 3.05) is 19.0 Å². The summed E-state index contributed by atoms with van der Waals surface area (Å²) >= 11 is 0. The van der Waals surface area contributed by atoms with E-state index in [1.54, 1.807) is 0 Å². The van der Waals surface area contributed by atoms with Crippen molar-refractivity contribution in [2.24, 2.45) is 0 Å². The normalized spacial score (nSPS) is 10.2. The van der Waals surface area contributed by atoms with Crippen LogP contribution in [0.5, 0.6) is 5.75 Å². The Bertz CT molecular complexity index is 513. The molecule has 0 atom stereocenters. The number of hydrogen-bond acceptors (Lipinski definition) is 3. The lowest BCUT2D eigenvalue weighted by Gasteiger charge is -2.08. The summed E-state index contributed by atoms with van der Waals surface area (Å²) in [6, 6.07) is 2.02. The highest BCUT2D eigenvalue weighted by atomic mass is 19.1. The number of methoxy groups -OCH3 is 1. The number of benzene rings is 1. The lowest BCUT2D eigenvalue weighted by Crippen LogP contribution is -2.20. The second kappa shape index (κ2) is 8.96. The van der Waals surface area contributed by atoms with Gasteiger partial charge in [-0.05, 0) is 12.8 Å². The smallest absolute Gasteiger partial charge is 0.224 e. The Hall–Kier alpha value is -2.18. The summed E-state index contributed by atoms with van der Waals surface area (Å²) in [7, 11) is 1.17. The summed E-state index contributed by atoms with van der Waals surface area (Å²) in [6.45, 7) is 2.02. The average Bonchev–Trinajstić information content (AvgIpc) is 2.42. The molecule has 0 spiro atoms. The van der Waals surface area contributed by atoms with Gasteiger partial charge in [-0.1, -0.05) is 6.42 Å². The van der Waals surface area contributed by atoms with Crippen LogP contribution < -0.4 is 15.4 Å². The molecule has 0 aromatic heterocycles. The van der Waals surface area contributed by atoms with E-state index in [0.717, 1.165) is 25.0 Å². The fraction of sp³-hybridized carbons (Fsp3) is 0.467. The lowest BCUT2D eigenvalue weighted by molar-refractivity contribution is -0.119. The molecule has 0 fully saturated rings. The highest BCUT2D eigenvalue weighted by Gasteiger charge is 2.12. The maximum Gasteiger partial charge on any atom is 0.224 e. The predicted octanol–water partition coefficient (Wildman–Crippen LogP) is 2.61. The van der Waals surface area contributed by atoms with Crippen LogP contribution in [0.2, 0.25) is 0 Å². The third kappa shape index (κ3) is 6.07. The van der Waals surface area contributed by atoms with Gasteiger partial charge in [-0.25, -0.2) is 8.78 Å². The van der Waals surface area contributed by atoms with E-state index in [0.29, 0.717) is 13.0 Å². The number of rotatable bonds is 8. The van der Waals surface area contributed by atoms with Crippen LogP contribution in [-0.2, 0) is 9.59 Å². The minimum absolute atomic E-state index is 0.0547. The van der Waals surface area contributed by atoms with E-state index in [2.05, 4.69) is 15.4 Å². The Morgan fingerprint density at radius 2 is 1.77 bits per heavy atom. The summed E-state index contributed by atoms with van der Waals surface area (Å²) in [4.78, 5) is 22.3. The van der Waals surface area contributed by atoms with E-state index < -0.39 is 17.4 Å².